The van der Waals surface area contributed by atoms with E-state index in [4.69, 9.17) is 32.7 Å². The fraction of sp³-hybridized carbons (Fsp3) is 0.167. The van der Waals surface area contributed by atoms with Gasteiger partial charge in [0.2, 0.25) is 0 Å². The zero-order chi connectivity index (χ0) is 22.3. The number of benzene rings is 2. The molecule has 1 N–H and O–H groups in total. The lowest BCUT2D eigenvalue weighted by Gasteiger charge is -2.29. The second-order valence-electron chi connectivity index (χ2n) is 7.17. The van der Waals surface area contributed by atoms with E-state index >= 15 is 0 Å². The van der Waals surface area contributed by atoms with Gasteiger partial charge in [-0.2, -0.15) is 0 Å². The molecular weight excluding hydrogens is 437 g/mol. The van der Waals surface area contributed by atoms with Gasteiger partial charge in [-0.05, 0) is 24.6 Å². The van der Waals surface area contributed by atoms with Crippen molar-refractivity contribution in [1.82, 2.24) is 5.32 Å². The molecular formula is C24H19Cl2NO4. The van der Waals surface area contributed by atoms with E-state index < -0.39 is 11.9 Å². The largest absolute Gasteiger partial charge is 0.486 e. The van der Waals surface area contributed by atoms with Crippen molar-refractivity contribution >= 4 is 40.7 Å². The van der Waals surface area contributed by atoms with E-state index in [1.54, 1.807) is 31.2 Å². The second kappa shape index (κ2) is 8.25. The molecule has 1 aliphatic heterocycles. The number of fused-ring (bicyclic) bond motifs is 2. The summed E-state index contributed by atoms with van der Waals surface area (Å²) in [6.07, 6.45) is 1.58. The molecule has 1 heterocycles. The number of rotatable bonds is 5. The first-order chi connectivity index (χ1) is 14.9. The number of esters is 1. The maximum Gasteiger partial charge on any atom is 0.336 e. The van der Waals surface area contributed by atoms with Gasteiger partial charge in [-0.15, -0.1) is 0 Å². The highest BCUT2D eigenvalue weighted by Gasteiger charge is 2.43. The van der Waals surface area contributed by atoms with E-state index in [9.17, 15) is 9.59 Å². The molecule has 2 aliphatic rings. The fourth-order valence-electron chi connectivity index (χ4n) is 4.07. The van der Waals surface area contributed by atoms with Crippen LogP contribution in [0.1, 0.15) is 34.3 Å². The molecule has 0 saturated heterocycles. The number of hydrogen-bond donors (Lipinski definition) is 1. The molecule has 0 radical (unpaired) electrons. The van der Waals surface area contributed by atoms with Crippen molar-refractivity contribution in [2.75, 3.05) is 13.7 Å². The van der Waals surface area contributed by atoms with Crippen LogP contribution in [0.25, 0.3) is 5.70 Å². The maximum absolute atomic E-state index is 13.4. The van der Waals surface area contributed by atoms with Gasteiger partial charge in [0, 0.05) is 28.3 Å². The quantitative estimate of drug-likeness (QED) is 0.489. The van der Waals surface area contributed by atoms with Crippen LogP contribution in [0.3, 0.4) is 0 Å². The lowest BCUT2D eigenvalue weighted by Crippen LogP contribution is -2.29. The Bertz CT molecular complexity index is 1170. The second-order valence-corrected chi connectivity index (χ2v) is 7.98. The number of hydrogen-bond acceptors (Lipinski definition) is 5. The number of ether oxygens (including phenoxy) is 2. The summed E-state index contributed by atoms with van der Waals surface area (Å²) in [5.74, 6) is -1.08. The number of carbonyl (C=O) groups excluding carboxylic acids is 2. The van der Waals surface area contributed by atoms with E-state index in [-0.39, 0.29) is 22.4 Å². The Kier molecular flexibility index (Phi) is 5.65. The smallest absolute Gasteiger partial charge is 0.336 e. The highest BCUT2D eigenvalue weighted by atomic mass is 35.5. The topological polar surface area (TPSA) is 64.6 Å². The maximum atomic E-state index is 13.4. The third-order valence-corrected chi connectivity index (χ3v) is 5.92. The molecule has 1 aliphatic carbocycles. The van der Waals surface area contributed by atoms with Crippen LogP contribution in [-0.2, 0) is 9.53 Å². The van der Waals surface area contributed by atoms with Crippen LogP contribution in [0.4, 0.5) is 0 Å². The Balaban J connectivity index is 1.92. The van der Waals surface area contributed by atoms with Crippen molar-refractivity contribution in [3.8, 4) is 5.75 Å². The van der Waals surface area contributed by atoms with E-state index in [1.165, 1.54) is 7.11 Å². The lowest BCUT2D eigenvalue weighted by atomic mass is 9.80. The van der Waals surface area contributed by atoms with E-state index in [0.29, 0.717) is 39.4 Å². The third-order valence-electron chi connectivity index (χ3n) is 5.35. The van der Waals surface area contributed by atoms with Crippen LogP contribution in [0.5, 0.6) is 5.75 Å². The predicted molar refractivity (Wildman–Crippen MR) is 120 cm³/mol. The Morgan fingerprint density at radius 3 is 2.45 bits per heavy atom. The predicted octanol–water partition coefficient (Wildman–Crippen LogP) is 5.30. The number of nitrogens with one attached hydrogen (secondary N) is 1. The van der Waals surface area contributed by atoms with Crippen molar-refractivity contribution in [1.29, 1.82) is 0 Å². The van der Waals surface area contributed by atoms with Gasteiger partial charge in [0.25, 0.3) is 0 Å². The number of dihydropyridines is 1. The molecule has 1 atom stereocenters. The Morgan fingerprint density at radius 1 is 1.19 bits per heavy atom. The van der Waals surface area contributed by atoms with Crippen molar-refractivity contribution < 1.29 is 19.1 Å². The highest BCUT2D eigenvalue weighted by Crippen LogP contribution is 2.48. The first kappa shape index (κ1) is 21.2. The molecule has 0 spiro atoms. The molecule has 158 valence electrons. The van der Waals surface area contributed by atoms with Crippen LogP contribution >= 0.6 is 23.2 Å². The molecule has 0 saturated carbocycles. The van der Waals surface area contributed by atoms with Gasteiger partial charge in [-0.3, -0.25) is 4.79 Å². The number of Topliss-reactive ketones (excluding diaryl/α,β-unsaturated/α-hetero) is 1. The summed E-state index contributed by atoms with van der Waals surface area (Å²) in [7, 11) is 1.31. The molecule has 0 amide bonds. The van der Waals surface area contributed by atoms with Crippen molar-refractivity contribution in [2.24, 2.45) is 0 Å². The normalized spacial score (nSPS) is 17.2. The first-order valence-corrected chi connectivity index (χ1v) is 10.3. The minimum Gasteiger partial charge on any atom is -0.486 e. The van der Waals surface area contributed by atoms with Gasteiger partial charge < -0.3 is 14.8 Å². The number of methoxy groups -OCH3 is 1. The summed E-state index contributed by atoms with van der Waals surface area (Å²) in [6.45, 7) is 5.63. The fourth-order valence-corrected chi connectivity index (χ4v) is 4.68. The Morgan fingerprint density at radius 2 is 1.84 bits per heavy atom. The molecule has 0 fully saturated rings. The van der Waals surface area contributed by atoms with Crippen molar-refractivity contribution in [3.63, 3.8) is 0 Å². The van der Waals surface area contributed by atoms with Crippen LogP contribution in [0.15, 0.2) is 65.9 Å². The molecule has 5 nitrogen and oxygen atoms in total. The van der Waals surface area contributed by atoms with Gasteiger partial charge in [0.1, 0.15) is 6.61 Å². The zero-order valence-corrected chi connectivity index (χ0v) is 18.4. The number of allylic oxidation sites excluding steroid dienone is 2. The Hall–Kier alpha value is -3.02. The molecule has 0 unspecified atom stereocenters. The average molecular weight is 456 g/mol. The van der Waals surface area contributed by atoms with Crippen LogP contribution in [-0.4, -0.2) is 25.5 Å². The minimum atomic E-state index is -0.702. The summed E-state index contributed by atoms with van der Waals surface area (Å²) in [5, 5.41) is 3.78. The molecule has 31 heavy (non-hydrogen) atoms. The van der Waals surface area contributed by atoms with E-state index in [2.05, 4.69) is 11.9 Å². The van der Waals surface area contributed by atoms with Crippen molar-refractivity contribution in [2.45, 2.75) is 12.8 Å². The number of ketones is 1. The molecule has 0 bridgehead atoms. The van der Waals surface area contributed by atoms with Gasteiger partial charge in [-0.25, -0.2) is 4.79 Å². The summed E-state index contributed by atoms with van der Waals surface area (Å²) in [5.41, 5.74) is 4.02. The molecule has 4 rings (SSSR count). The first-order valence-electron chi connectivity index (χ1n) is 9.56. The zero-order valence-electron chi connectivity index (χ0n) is 16.9. The van der Waals surface area contributed by atoms with Crippen LogP contribution < -0.4 is 10.1 Å². The third kappa shape index (κ3) is 3.44. The summed E-state index contributed by atoms with van der Waals surface area (Å²) in [4.78, 5) is 26.1. The SMILES string of the molecule is C=CCOc1c(Cl)cc([C@H]2C(C(=O)OC)=C(C)NC3=C2C(=O)c2ccccc23)cc1Cl. The van der Waals surface area contributed by atoms with Gasteiger partial charge in [0.15, 0.2) is 11.5 Å². The molecule has 2 aromatic rings. The van der Waals surface area contributed by atoms with Crippen LogP contribution in [0.2, 0.25) is 10.0 Å². The summed E-state index contributed by atoms with van der Waals surface area (Å²) < 4.78 is 10.6. The Labute approximate surface area is 189 Å². The molecule has 0 aromatic heterocycles. The number of carbonyl (C=O) groups is 2. The summed E-state index contributed by atoms with van der Waals surface area (Å²) in [6, 6.07) is 10.7. The van der Waals surface area contributed by atoms with Crippen LogP contribution in [0, 0.1) is 0 Å². The van der Waals surface area contributed by atoms with Gasteiger partial charge in [-0.1, -0.05) is 60.1 Å². The minimum absolute atomic E-state index is 0.156. The average Bonchev–Trinajstić information content (AvgIpc) is 3.03. The number of halogens is 2. The van der Waals surface area contributed by atoms with Crippen molar-refractivity contribution in [3.05, 3.63) is 92.6 Å². The highest BCUT2D eigenvalue weighted by molar-refractivity contribution is 6.37. The van der Waals surface area contributed by atoms with E-state index in [0.717, 1.165) is 5.56 Å². The van der Waals surface area contributed by atoms with E-state index in [1.807, 2.05) is 18.2 Å². The monoisotopic (exact) mass is 455 g/mol. The molecule has 2 aromatic carbocycles. The van der Waals surface area contributed by atoms with Gasteiger partial charge >= 0.3 is 5.97 Å². The molecule has 7 heteroatoms. The standard InChI is InChI=1S/C24H19Cl2NO4/c1-4-9-31-23-16(25)10-13(11-17(23)26)19-18(24(29)30-3)12(2)27-21-14-7-5-6-8-15(14)22(28)20(19)21/h4-8,10-11,19,27H,1,9H2,2-3H3/t19-/m0/s1. The van der Waals surface area contributed by atoms with Gasteiger partial charge in [0.05, 0.1) is 28.4 Å². The lowest BCUT2D eigenvalue weighted by molar-refractivity contribution is -0.136. The summed E-state index contributed by atoms with van der Waals surface area (Å²) >= 11 is 12.9.